The molecule has 1 aromatic carbocycles. The lowest BCUT2D eigenvalue weighted by Gasteiger charge is -2.00. The summed E-state index contributed by atoms with van der Waals surface area (Å²) in [4.78, 5) is 0. The Labute approximate surface area is 78.0 Å². The van der Waals surface area contributed by atoms with E-state index in [2.05, 4.69) is 5.32 Å². The Morgan fingerprint density at radius 2 is 2.00 bits per heavy atom. The molecule has 0 aliphatic carbocycles. The normalized spacial score (nSPS) is 7.92. The maximum atomic E-state index is 12.7. The van der Waals surface area contributed by atoms with Crippen LogP contribution in [0.1, 0.15) is 19.4 Å². The number of nitriles is 1. The molecule has 1 rings (SSSR count). The van der Waals surface area contributed by atoms with E-state index in [9.17, 15) is 4.39 Å². The van der Waals surface area contributed by atoms with E-state index in [1.54, 1.807) is 7.05 Å². The van der Waals surface area contributed by atoms with E-state index in [4.69, 9.17) is 5.26 Å². The van der Waals surface area contributed by atoms with Gasteiger partial charge in [-0.3, -0.25) is 0 Å². The molecule has 0 saturated carbocycles. The molecule has 1 N–H and O–H groups in total. The second-order valence-electron chi connectivity index (χ2n) is 2.06. The Morgan fingerprint density at radius 1 is 1.38 bits per heavy atom. The smallest absolute Gasteiger partial charge is 0.146 e. The van der Waals surface area contributed by atoms with Crippen LogP contribution in [0.2, 0.25) is 0 Å². The van der Waals surface area contributed by atoms with Crippen molar-refractivity contribution in [3.63, 3.8) is 0 Å². The Balaban J connectivity index is 0.000000671. The number of hydrogen-bond donors (Lipinski definition) is 1. The molecule has 1 aromatic rings. The zero-order chi connectivity index (χ0) is 10.3. The van der Waals surface area contributed by atoms with Gasteiger partial charge in [-0.25, -0.2) is 4.39 Å². The summed E-state index contributed by atoms with van der Waals surface area (Å²) in [6, 6.07) is 6.10. The maximum Gasteiger partial charge on any atom is 0.146 e. The van der Waals surface area contributed by atoms with Crippen LogP contribution in [0.5, 0.6) is 0 Å². The van der Waals surface area contributed by atoms with Gasteiger partial charge in [0.2, 0.25) is 0 Å². The van der Waals surface area contributed by atoms with Crippen LogP contribution < -0.4 is 5.32 Å². The minimum atomic E-state index is -0.341. The maximum absolute atomic E-state index is 12.7. The van der Waals surface area contributed by atoms with Crippen molar-refractivity contribution in [2.24, 2.45) is 0 Å². The molecule has 0 atom stereocenters. The van der Waals surface area contributed by atoms with Crippen molar-refractivity contribution >= 4 is 5.69 Å². The van der Waals surface area contributed by atoms with Gasteiger partial charge in [0.25, 0.3) is 0 Å². The van der Waals surface area contributed by atoms with Crippen LogP contribution in [0.3, 0.4) is 0 Å². The first-order valence-corrected chi connectivity index (χ1v) is 4.15. The van der Waals surface area contributed by atoms with E-state index in [0.29, 0.717) is 11.3 Å². The number of anilines is 1. The molecule has 0 spiro atoms. The van der Waals surface area contributed by atoms with Gasteiger partial charge in [-0.2, -0.15) is 5.26 Å². The summed E-state index contributed by atoms with van der Waals surface area (Å²) in [6.07, 6.45) is 0. The summed E-state index contributed by atoms with van der Waals surface area (Å²) < 4.78 is 12.7. The SMILES string of the molecule is CC.CNc1cc(C#N)ccc1F. The summed E-state index contributed by atoms with van der Waals surface area (Å²) in [5.74, 6) is -0.341. The number of nitrogens with one attached hydrogen (secondary N) is 1. The Hall–Kier alpha value is -1.56. The molecule has 0 amide bonds. The first-order valence-electron chi connectivity index (χ1n) is 4.15. The predicted molar refractivity (Wildman–Crippen MR) is 52.0 cm³/mol. The van der Waals surface area contributed by atoms with Crippen LogP contribution in [0, 0.1) is 17.1 Å². The van der Waals surface area contributed by atoms with Crippen molar-refractivity contribution in [3.05, 3.63) is 29.6 Å². The van der Waals surface area contributed by atoms with Crippen molar-refractivity contribution in [3.8, 4) is 6.07 Å². The third-order valence-corrected chi connectivity index (χ3v) is 1.36. The molecular formula is C10H13FN2. The van der Waals surface area contributed by atoms with Crippen molar-refractivity contribution in [2.75, 3.05) is 12.4 Å². The van der Waals surface area contributed by atoms with Gasteiger partial charge in [0.15, 0.2) is 0 Å². The van der Waals surface area contributed by atoms with E-state index in [-0.39, 0.29) is 5.82 Å². The van der Waals surface area contributed by atoms with Crippen LogP contribution in [0.4, 0.5) is 10.1 Å². The van der Waals surface area contributed by atoms with Crippen molar-refractivity contribution < 1.29 is 4.39 Å². The highest BCUT2D eigenvalue weighted by Crippen LogP contribution is 2.14. The molecule has 3 heteroatoms. The molecule has 0 bridgehead atoms. The second kappa shape index (κ2) is 6.01. The fraction of sp³-hybridized carbons (Fsp3) is 0.300. The first kappa shape index (κ1) is 11.4. The quantitative estimate of drug-likeness (QED) is 0.721. The Kier molecular flexibility index (Phi) is 5.29. The molecular weight excluding hydrogens is 167 g/mol. The predicted octanol–water partition coefficient (Wildman–Crippen LogP) is 2.77. The molecule has 0 radical (unpaired) electrons. The zero-order valence-electron chi connectivity index (χ0n) is 8.06. The van der Waals surface area contributed by atoms with Gasteiger partial charge in [-0.15, -0.1) is 0 Å². The highest BCUT2D eigenvalue weighted by molar-refractivity contribution is 5.49. The van der Waals surface area contributed by atoms with Crippen LogP contribution in [-0.4, -0.2) is 7.05 Å². The van der Waals surface area contributed by atoms with Gasteiger partial charge in [-0.1, -0.05) is 13.8 Å². The Morgan fingerprint density at radius 3 is 2.46 bits per heavy atom. The van der Waals surface area contributed by atoms with Crippen molar-refractivity contribution in [1.82, 2.24) is 0 Å². The van der Waals surface area contributed by atoms with Crippen LogP contribution in [0.25, 0.3) is 0 Å². The molecule has 0 aliphatic heterocycles. The number of nitrogens with zero attached hydrogens (tertiary/aromatic N) is 1. The lowest BCUT2D eigenvalue weighted by atomic mass is 10.2. The van der Waals surface area contributed by atoms with Gasteiger partial charge in [-0.05, 0) is 18.2 Å². The van der Waals surface area contributed by atoms with Gasteiger partial charge >= 0.3 is 0 Å². The monoisotopic (exact) mass is 180 g/mol. The molecule has 0 saturated heterocycles. The third-order valence-electron chi connectivity index (χ3n) is 1.36. The topological polar surface area (TPSA) is 35.8 Å². The summed E-state index contributed by atoms with van der Waals surface area (Å²) >= 11 is 0. The summed E-state index contributed by atoms with van der Waals surface area (Å²) in [5, 5.41) is 11.1. The average Bonchev–Trinajstić information content (AvgIpc) is 2.22. The summed E-state index contributed by atoms with van der Waals surface area (Å²) in [5.41, 5.74) is 0.805. The lowest BCUT2D eigenvalue weighted by molar-refractivity contribution is 0.631. The minimum Gasteiger partial charge on any atom is -0.386 e. The third kappa shape index (κ3) is 3.12. The van der Waals surface area contributed by atoms with E-state index < -0.39 is 0 Å². The van der Waals surface area contributed by atoms with Crippen molar-refractivity contribution in [1.29, 1.82) is 5.26 Å². The van der Waals surface area contributed by atoms with E-state index >= 15 is 0 Å². The lowest BCUT2D eigenvalue weighted by Crippen LogP contribution is -1.92. The fourth-order valence-corrected chi connectivity index (χ4v) is 0.786. The molecule has 0 heterocycles. The van der Waals surface area contributed by atoms with Gasteiger partial charge in [0, 0.05) is 7.05 Å². The van der Waals surface area contributed by atoms with E-state index in [0.717, 1.165) is 0 Å². The largest absolute Gasteiger partial charge is 0.386 e. The number of hydrogen-bond acceptors (Lipinski definition) is 2. The van der Waals surface area contributed by atoms with Crippen LogP contribution in [0.15, 0.2) is 18.2 Å². The zero-order valence-corrected chi connectivity index (χ0v) is 8.06. The second-order valence-corrected chi connectivity index (χ2v) is 2.06. The number of rotatable bonds is 1. The molecule has 0 unspecified atom stereocenters. The number of halogens is 1. The minimum absolute atomic E-state index is 0.341. The standard InChI is InChI=1S/C8H7FN2.C2H6/c1-11-8-4-6(5-10)2-3-7(8)9;1-2/h2-4,11H,1H3;1-2H3. The molecule has 0 aromatic heterocycles. The Bertz CT molecular complexity index is 302. The molecule has 0 fully saturated rings. The number of benzene rings is 1. The van der Waals surface area contributed by atoms with Crippen molar-refractivity contribution in [2.45, 2.75) is 13.8 Å². The van der Waals surface area contributed by atoms with Crippen LogP contribution in [-0.2, 0) is 0 Å². The van der Waals surface area contributed by atoms with Gasteiger partial charge in [0.1, 0.15) is 5.82 Å². The fourth-order valence-electron chi connectivity index (χ4n) is 0.786. The molecule has 70 valence electrons. The van der Waals surface area contributed by atoms with Gasteiger partial charge < -0.3 is 5.32 Å². The highest BCUT2D eigenvalue weighted by Gasteiger charge is 1.99. The first-order chi connectivity index (χ1) is 6.27. The highest BCUT2D eigenvalue weighted by atomic mass is 19.1. The van der Waals surface area contributed by atoms with Gasteiger partial charge in [0.05, 0.1) is 17.3 Å². The van der Waals surface area contributed by atoms with Crippen LogP contribution >= 0.6 is 0 Å². The average molecular weight is 180 g/mol. The molecule has 0 aliphatic rings. The van der Waals surface area contributed by atoms with E-state index in [1.165, 1.54) is 18.2 Å². The summed E-state index contributed by atoms with van der Waals surface area (Å²) in [6.45, 7) is 4.00. The molecule has 13 heavy (non-hydrogen) atoms. The van der Waals surface area contributed by atoms with E-state index in [1.807, 2.05) is 19.9 Å². The molecule has 2 nitrogen and oxygen atoms in total. The summed E-state index contributed by atoms with van der Waals surface area (Å²) in [7, 11) is 1.61.